The topological polar surface area (TPSA) is 70.6 Å². The highest BCUT2D eigenvalue weighted by Crippen LogP contribution is 2.26. The monoisotopic (exact) mass is 402 g/mol. The molecule has 1 atom stereocenters. The third-order valence-electron chi connectivity index (χ3n) is 3.04. The van der Waals surface area contributed by atoms with Gasteiger partial charge >= 0.3 is 0 Å². The van der Waals surface area contributed by atoms with Gasteiger partial charge < -0.3 is 15.2 Å². The van der Waals surface area contributed by atoms with Crippen LogP contribution in [0.15, 0.2) is 22.7 Å². The second-order valence-corrected chi connectivity index (χ2v) is 6.83. The van der Waals surface area contributed by atoms with E-state index in [1.807, 2.05) is 6.92 Å². The summed E-state index contributed by atoms with van der Waals surface area (Å²) in [6.45, 7) is 6.63. The molecule has 1 aromatic carbocycles. The fourth-order valence-electron chi connectivity index (χ4n) is 1.69. The summed E-state index contributed by atoms with van der Waals surface area (Å²) < 4.78 is 6.37. The molecule has 1 unspecified atom stereocenters. The Morgan fingerprint density at radius 2 is 2.13 bits per heavy atom. The molecule has 1 rings (SSSR count). The van der Waals surface area contributed by atoms with Gasteiger partial charge in [-0.05, 0) is 58.7 Å². The van der Waals surface area contributed by atoms with E-state index < -0.39 is 0 Å². The van der Waals surface area contributed by atoms with E-state index in [2.05, 4.69) is 40.4 Å². The van der Waals surface area contributed by atoms with Crippen molar-refractivity contribution in [1.29, 1.82) is 0 Å². The Balaban J connectivity index is 2.66. The van der Waals surface area contributed by atoms with E-state index in [-0.39, 0.29) is 23.7 Å². The van der Waals surface area contributed by atoms with Gasteiger partial charge in [0.25, 0.3) is 5.91 Å². The van der Waals surface area contributed by atoms with Gasteiger partial charge in [-0.2, -0.15) is 0 Å². The minimum Gasteiger partial charge on any atom is -0.492 e. The van der Waals surface area contributed by atoms with Gasteiger partial charge in [-0.15, -0.1) is 0 Å². The van der Waals surface area contributed by atoms with E-state index in [0.29, 0.717) is 34.7 Å². The highest BCUT2D eigenvalue weighted by atomic mass is 79.9. The summed E-state index contributed by atoms with van der Waals surface area (Å²) in [5.41, 5.74) is 0.468. The number of rotatable bonds is 7. The number of halogens is 1. The standard InChI is InChI=1S/C16H23BrN2O3S/c1-4-12(8-20)18-16(23)19-15(21)11-5-6-14(13(17)7-11)22-9-10(2)3/h5-7,10,12,20H,4,8-9H2,1-3H3,(H2,18,19,21,23). The van der Waals surface area contributed by atoms with Crippen molar-refractivity contribution in [2.45, 2.75) is 33.2 Å². The molecule has 23 heavy (non-hydrogen) atoms. The molecule has 3 N–H and O–H groups in total. The van der Waals surface area contributed by atoms with Crippen molar-refractivity contribution >= 4 is 39.2 Å². The van der Waals surface area contributed by atoms with Crippen LogP contribution in [0.3, 0.4) is 0 Å². The summed E-state index contributed by atoms with van der Waals surface area (Å²) in [4.78, 5) is 12.2. The Morgan fingerprint density at radius 3 is 2.65 bits per heavy atom. The van der Waals surface area contributed by atoms with Crippen molar-refractivity contribution in [1.82, 2.24) is 10.6 Å². The molecular weight excluding hydrogens is 380 g/mol. The Morgan fingerprint density at radius 1 is 1.43 bits per heavy atom. The summed E-state index contributed by atoms with van der Waals surface area (Å²) in [6, 6.07) is 4.96. The molecule has 0 aliphatic heterocycles. The highest BCUT2D eigenvalue weighted by molar-refractivity contribution is 9.10. The maximum Gasteiger partial charge on any atom is 0.257 e. The minimum atomic E-state index is -0.314. The van der Waals surface area contributed by atoms with E-state index in [1.165, 1.54) is 0 Å². The van der Waals surface area contributed by atoms with Crippen LogP contribution in [0, 0.1) is 5.92 Å². The van der Waals surface area contributed by atoms with Crippen molar-refractivity contribution in [3.8, 4) is 5.75 Å². The Hall–Kier alpha value is -1.18. The van der Waals surface area contributed by atoms with Crippen LogP contribution in [0.5, 0.6) is 5.75 Å². The summed E-state index contributed by atoms with van der Waals surface area (Å²) in [5, 5.41) is 14.8. The smallest absolute Gasteiger partial charge is 0.257 e. The molecule has 1 aromatic rings. The molecule has 0 bridgehead atoms. The summed E-state index contributed by atoms with van der Waals surface area (Å²) >= 11 is 8.49. The molecule has 0 fully saturated rings. The van der Waals surface area contributed by atoms with Crippen LogP contribution < -0.4 is 15.4 Å². The van der Waals surface area contributed by atoms with E-state index in [1.54, 1.807) is 18.2 Å². The van der Waals surface area contributed by atoms with E-state index in [9.17, 15) is 4.79 Å². The zero-order valence-corrected chi connectivity index (χ0v) is 16.0. The van der Waals surface area contributed by atoms with Crippen molar-refractivity contribution in [3.05, 3.63) is 28.2 Å². The summed E-state index contributed by atoms with van der Waals surface area (Å²) in [5.74, 6) is 0.806. The Kier molecular flexibility index (Phi) is 8.51. The molecule has 0 spiro atoms. The molecule has 128 valence electrons. The predicted octanol–water partition coefficient (Wildman–Crippen LogP) is 2.86. The molecule has 7 heteroatoms. The number of thiocarbonyl (C=S) groups is 1. The molecular formula is C16H23BrN2O3S. The first-order chi connectivity index (χ1) is 10.9. The Bertz CT molecular complexity index is 548. The lowest BCUT2D eigenvalue weighted by Crippen LogP contribution is -2.45. The fraction of sp³-hybridized carbons (Fsp3) is 0.500. The van der Waals surface area contributed by atoms with Crippen LogP contribution in [0.4, 0.5) is 0 Å². The van der Waals surface area contributed by atoms with Gasteiger partial charge in [-0.3, -0.25) is 10.1 Å². The quantitative estimate of drug-likeness (QED) is 0.611. The molecule has 0 saturated heterocycles. The van der Waals surface area contributed by atoms with Crippen LogP contribution in [0.25, 0.3) is 0 Å². The number of nitrogens with one attached hydrogen (secondary N) is 2. The average Bonchev–Trinajstić information content (AvgIpc) is 2.51. The van der Waals surface area contributed by atoms with Gasteiger partial charge in [0, 0.05) is 5.56 Å². The number of hydrogen-bond donors (Lipinski definition) is 3. The van der Waals surface area contributed by atoms with Gasteiger partial charge in [-0.1, -0.05) is 20.8 Å². The summed E-state index contributed by atoms with van der Waals surface area (Å²) in [7, 11) is 0. The molecule has 0 aliphatic rings. The molecule has 0 radical (unpaired) electrons. The first-order valence-corrected chi connectivity index (χ1v) is 8.72. The number of benzene rings is 1. The lowest BCUT2D eigenvalue weighted by atomic mass is 10.2. The number of carbonyl (C=O) groups is 1. The molecule has 5 nitrogen and oxygen atoms in total. The van der Waals surface area contributed by atoms with E-state index in [0.717, 1.165) is 0 Å². The zero-order valence-electron chi connectivity index (χ0n) is 13.6. The molecule has 0 heterocycles. The maximum absolute atomic E-state index is 12.2. The van der Waals surface area contributed by atoms with Crippen LogP contribution in [-0.4, -0.2) is 35.4 Å². The molecule has 0 aromatic heterocycles. The predicted molar refractivity (Wildman–Crippen MR) is 98.8 cm³/mol. The lowest BCUT2D eigenvalue weighted by molar-refractivity contribution is 0.0976. The highest BCUT2D eigenvalue weighted by Gasteiger charge is 2.13. The summed E-state index contributed by atoms with van der Waals surface area (Å²) in [6.07, 6.45) is 0.708. The maximum atomic E-state index is 12.2. The van der Waals surface area contributed by atoms with Gasteiger partial charge in [0.15, 0.2) is 5.11 Å². The van der Waals surface area contributed by atoms with Gasteiger partial charge in [0.05, 0.1) is 23.7 Å². The third kappa shape index (κ3) is 6.85. The SMILES string of the molecule is CCC(CO)NC(=S)NC(=O)c1ccc(OCC(C)C)c(Br)c1. The van der Waals surface area contributed by atoms with Crippen LogP contribution in [0.1, 0.15) is 37.6 Å². The third-order valence-corrected chi connectivity index (χ3v) is 3.88. The number of aliphatic hydroxyl groups excluding tert-OH is 1. The second kappa shape index (κ2) is 9.85. The van der Waals surface area contributed by atoms with Crippen molar-refractivity contribution in [3.63, 3.8) is 0 Å². The Labute approximate surface area is 150 Å². The number of aliphatic hydroxyl groups is 1. The van der Waals surface area contributed by atoms with E-state index in [4.69, 9.17) is 22.1 Å². The molecule has 1 amide bonds. The molecule has 0 saturated carbocycles. The lowest BCUT2D eigenvalue weighted by Gasteiger charge is -2.17. The molecule has 0 aliphatic carbocycles. The van der Waals surface area contributed by atoms with Crippen molar-refractivity contribution < 1.29 is 14.6 Å². The number of amides is 1. The second-order valence-electron chi connectivity index (χ2n) is 5.57. The largest absolute Gasteiger partial charge is 0.492 e. The van der Waals surface area contributed by atoms with Crippen LogP contribution >= 0.6 is 28.1 Å². The number of carbonyl (C=O) groups excluding carboxylic acids is 1. The van der Waals surface area contributed by atoms with Crippen molar-refractivity contribution in [2.24, 2.45) is 5.92 Å². The first kappa shape index (κ1) is 19.9. The number of ether oxygens (including phenoxy) is 1. The zero-order chi connectivity index (χ0) is 17.4. The minimum absolute atomic E-state index is 0.0417. The van der Waals surface area contributed by atoms with Crippen molar-refractivity contribution in [2.75, 3.05) is 13.2 Å². The fourth-order valence-corrected chi connectivity index (χ4v) is 2.44. The van der Waals surface area contributed by atoms with Gasteiger partial charge in [-0.25, -0.2) is 0 Å². The van der Waals surface area contributed by atoms with Gasteiger partial charge in [0.2, 0.25) is 0 Å². The number of hydrogen-bond acceptors (Lipinski definition) is 4. The van der Waals surface area contributed by atoms with E-state index >= 15 is 0 Å². The van der Waals surface area contributed by atoms with Crippen LogP contribution in [0.2, 0.25) is 0 Å². The van der Waals surface area contributed by atoms with Crippen LogP contribution in [-0.2, 0) is 0 Å². The first-order valence-electron chi connectivity index (χ1n) is 7.52. The average molecular weight is 403 g/mol. The normalized spacial score (nSPS) is 11.9. The van der Waals surface area contributed by atoms with Gasteiger partial charge in [0.1, 0.15) is 5.75 Å².